The van der Waals surface area contributed by atoms with Crippen LogP contribution in [0.5, 0.6) is 0 Å². The van der Waals surface area contributed by atoms with Gasteiger partial charge in [-0.05, 0) is 19.1 Å². The molecule has 0 fully saturated rings. The van der Waals surface area contributed by atoms with E-state index in [1.807, 2.05) is 19.1 Å². The number of thiocarbonyl (C=S) groups is 1. The Morgan fingerprint density at radius 2 is 2.50 bits per heavy atom. The molecule has 2 nitrogen and oxygen atoms in total. The maximum Gasteiger partial charge on any atom is 0.185 e. The molecule has 0 aromatic heterocycles. The van der Waals surface area contributed by atoms with E-state index in [1.165, 1.54) is 0 Å². The van der Waals surface area contributed by atoms with Crippen molar-refractivity contribution in [2.75, 3.05) is 6.54 Å². The molecular formula is C5H9N2S. The molecule has 0 aliphatic carbocycles. The third-order valence-electron chi connectivity index (χ3n) is 0.616. The van der Waals surface area contributed by atoms with Gasteiger partial charge in [-0.2, -0.15) is 0 Å². The largest absolute Gasteiger partial charge is 0.358 e. The quantitative estimate of drug-likeness (QED) is 0.440. The molecule has 3 heteroatoms. The summed E-state index contributed by atoms with van der Waals surface area (Å²) in [5.74, 6) is 0. The van der Waals surface area contributed by atoms with E-state index in [0.29, 0.717) is 6.54 Å². The van der Waals surface area contributed by atoms with Crippen LogP contribution < -0.4 is 11.1 Å². The van der Waals surface area contributed by atoms with Crippen molar-refractivity contribution in [2.45, 2.75) is 6.92 Å². The zero-order valence-corrected chi connectivity index (χ0v) is 5.59. The molecule has 0 spiro atoms. The molecule has 0 aromatic carbocycles. The van der Waals surface area contributed by atoms with Crippen LogP contribution in [0.2, 0.25) is 0 Å². The van der Waals surface area contributed by atoms with E-state index in [4.69, 9.17) is 5.73 Å². The fourth-order valence-electron chi connectivity index (χ4n) is 0.269. The molecule has 0 unspecified atom stereocenters. The molecule has 0 saturated heterocycles. The number of nitrogens with one attached hydrogen (secondary N) is 2. The lowest BCUT2D eigenvalue weighted by atomic mass is 10.5. The molecule has 0 aliphatic heterocycles. The normalized spacial score (nSPS) is 9.62. The topological polar surface area (TPSA) is 35.8 Å². The van der Waals surface area contributed by atoms with Gasteiger partial charge in [0.2, 0.25) is 0 Å². The standard InChI is InChI=1S/C5H9N2S/c1-2-3-4-7-5(6)8/h2-3,6H,4H2,1H3,(H,7,8)/b3-2+. The highest BCUT2D eigenvalue weighted by atomic mass is 32.1. The minimum atomic E-state index is 0.100. The average molecular weight is 129 g/mol. The zero-order chi connectivity index (χ0) is 6.41. The molecule has 0 rings (SSSR count). The molecule has 1 radical (unpaired) electrons. The number of allylic oxidation sites excluding steroid dienone is 1. The summed E-state index contributed by atoms with van der Waals surface area (Å²) in [7, 11) is 0. The summed E-state index contributed by atoms with van der Waals surface area (Å²) in [6, 6.07) is 0. The summed E-state index contributed by atoms with van der Waals surface area (Å²) >= 11 is 4.43. The van der Waals surface area contributed by atoms with E-state index >= 15 is 0 Å². The van der Waals surface area contributed by atoms with Gasteiger partial charge in [0, 0.05) is 6.54 Å². The second-order valence-electron chi connectivity index (χ2n) is 1.28. The predicted octanol–water partition coefficient (Wildman–Crippen LogP) is 0.720. The Bertz CT molecular complexity index is 98.6. The molecule has 0 aromatic rings. The van der Waals surface area contributed by atoms with E-state index in [9.17, 15) is 0 Å². The molecule has 0 saturated carbocycles. The van der Waals surface area contributed by atoms with Crippen molar-refractivity contribution in [3.05, 3.63) is 12.2 Å². The van der Waals surface area contributed by atoms with Gasteiger partial charge in [0.05, 0.1) is 0 Å². The van der Waals surface area contributed by atoms with Crippen LogP contribution in [0.4, 0.5) is 0 Å². The fraction of sp³-hybridized carbons (Fsp3) is 0.400. The Hall–Kier alpha value is -0.570. The van der Waals surface area contributed by atoms with Gasteiger partial charge in [-0.25, -0.2) is 0 Å². The number of rotatable bonds is 2. The molecule has 8 heavy (non-hydrogen) atoms. The first kappa shape index (κ1) is 7.43. The molecule has 0 aliphatic rings. The Labute approximate surface area is 54.8 Å². The lowest BCUT2D eigenvalue weighted by Gasteiger charge is -1.93. The first-order valence-corrected chi connectivity index (χ1v) is 2.78. The van der Waals surface area contributed by atoms with Crippen molar-refractivity contribution >= 4 is 17.3 Å². The fourth-order valence-corrected chi connectivity index (χ4v) is 0.353. The molecule has 0 bridgehead atoms. The Morgan fingerprint density at radius 3 is 2.88 bits per heavy atom. The maximum atomic E-state index is 6.74. The lowest BCUT2D eigenvalue weighted by molar-refractivity contribution is 1.04. The number of hydrogen-bond acceptors (Lipinski definition) is 1. The van der Waals surface area contributed by atoms with Crippen molar-refractivity contribution in [3.63, 3.8) is 0 Å². The van der Waals surface area contributed by atoms with Crippen LogP contribution >= 0.6 is 12.2 Å². The zero-order valence-electron chi connectivity index (χ0n) is 4.77. The summed E-state index contributed by atoms with van der Waals surface area (Å²) in [6.07, 6.45) is 3.81. The third kappa shape index (κ3) is 5.43. The van der Waals surface area contributed by atoms with E-state index in [0.717, 1.165) is 0 Å². The van der Waals surface area contributed by atoms with E-state index in [2.05, 4.69) is 17.5 Å². The molecule has 0 amide bonds. The second-order valence-corrected chi connectivity index (χ2v) is 1.69. The Balaban J connectivity index is 3.05. The molecule has 45 valence electrons. The van der Waals surface area contributed by atoms with Crippen LogP contribution in [0.15, 0.2) is 12.2 Å². The average Bonchev–Trinajstić information content (AvgIpc) is 1.66. The highest BCUT2D eigenvalue weighted by Crippen LogP contribution is 1.66. The summed E-state index contributed by atoms with van der Waals surface area (Å²) in [5.41, 5.74) is 6.74. The van der Waals surface area contributed by atoms with Crippen molar-refractivity contribution < 1.29 is 0 Å². The molecular weight excluding hydrogens is 120 g/mol. The van der Waals surface area contributed by atoms with Crippen LogP contribution in [-0.4, -0.2) is 11.7 Å². The SMILES string of the molecule is C/C=C/CNC([NH])=S. The van der Waals surface area contributed by atoms with Gasteiger partial charge >= 0.3 is 0 Å². The van der Waals surface area contributed by atoms with Gasteiger partial charge in [-0.3, -0.25) is 5.73 Å². The summed E-state index contributed by atoms with van der Waals surface area (Å²) < 4.78 is 0. The Kier molecular flexibility index (Phi) is 4.26. The summed E-state index contributed by atoms with van der Waals surface area (Å²) in [6.45, 7) is 2.59. The van der Waals surface area contributed by atoms with Gasteiger partial charge in [0.1, 0.15) is 0 Å². The van der Waals surface area contributed by atoms with Crippen LogP contribution in [0.3, 0.4) is 0 Å². The minimum absolute atomic E-state index is 0.100. The smallest absolute Gasteiger partial charge is 0.185 e. The van der Waals surface area contributed by atoms with Crippen molar-refractivity contribution in [1.82, 2.24) is 11.1 Å². The second kappa shape index (κ2) is 4.59. The van der Waals surface area contributed by atoms with Crippen LogP contribution in [-0.2, 0) is 0 Å². The van der Waals surface area contributed by atoms with E-state index in [1.54, 1.807) is 0 Å². The van der Waals surface area contributed by atoms with Gasteiger partial charge in [-0.1, -0.05) is 12.2 Å². The highest BCUT2D eigenvalue weighted by molar-refractivity contribution is 7.80. The van der Waals surface area contributed by atoms with Gasteiger partial charge in [-0.15, -0.1) is 0 Å². The maximum absolute atomic E-state index is 6.74. The predicted molar refractivity (Wildman–Crippen MR) is 38.5 cm³/mol. The van der Waals surface area contributed by atoms with Crippen molar-refractivity contribution in [2.24, 2.45) is 0 Å². The van der Waals surface area contributed by atoms with E-state index < -0.39 is 0 Å². The van der Waals surface area contributed by atoms with Crippen molar-refractivity contribution in [3.8, 4) is 0 Å². The highest BCUT2D eigenvalue weighted by Gasteiger charge is 1.78. The van der Waals surface area contributed by atoms with Crippen LogP contribution in [0.1, 0.15) is 6.92 Å². The first-order valence-electron chi connectivity index (χ1n) is 2.38. The van der Waals surface area contributed by atoms with Crippen LogP contribution in [0, 0.1) is 0 Å². The van der Waals surface area contributed by atoms with E-state index in [-0.39, 0.29) is 5.11 Å². The minimum Gasteiger partial charge on any atom is -0.358 e. The summed E-state index contributed by atoms with van der Waals surface area (Å²) in [5, 5.41) is 2.76. The molecule has 2 N–H and O–H groups in total. The lowest BCUT2D eigenvalue weighted by Crippen LogP contribution is -2.21. The molecule has 0 heterocycles. The first-order chi connectivity index (χ1) is 3.77. The van der Waals surface area contributed by atoms with Gasteiger partial charge < -0.3 is 5.32 Å². The monoisotopic (exact) mass is 129 g/mol. The number of hydrogen-bond donors (Lipinski definition) is 1. The van der Waals surface area contributed by atoms with Crippen molar-refractivity contribution in [1.29, 1.82) is 0 Å². The van der Waals surface area contributed by atoms with Gasteiger partial charge in [0.15, 0.2) is 5.11 Å². The van der Waals surface area contributed by atoms with Gasteiger partial charge in [0.25, 0.3) is 0 Å². The summed E-state index contributed by atoms with van der Waals surface area (Å²) in [4.78, 5) is 0. The molecule has 0 atom stereocenters. The third-order valence-corrected chi connectivity index (χ3v) is 0.761. The Morgan fingerprint density at radius 1 is 1.88 bits per heavy atom. The van der Waals surface area contributed by atoms with Crippen LogP contribution in [0.25, 0.3) is 0 Å².